The van der Waals surface area contributed by atoms with Gasteiger partial charge in [-0.05, 0) is 37.1 Å². The van der Waals surface area contributed by atoms with E-state index in [0.717, 1.165) is 5.56 Å². The zero-order valence-corrected chi connectivity index (χ0v) is 21.2. The van der Waals surface area contributed by atoms with Crippen molar-refractivity contribution < 1.29 is 19.1 Å². The number of aromatic nitrogens is 3. The van der Waals surface area contributed by atoms with Gasteiger partial charge in [0.15, 0.2) is 11.0 Å². The lowest BCUT2D eigenvalue weighted by atomic mass is 10.0. The molecule has 3 aromatic rings. The Kier molecular flexibility index (Phi) is 8.64. The van der Waals surface area contributed by atoms with Crippen LogP contribution in [-0.4, -0.2) is 45.4 Å². The molecule has 3 rings (SSSR count). The van der Waals surface area contributed by atoms with Crippen LogP contribution >= 0.6 is 11.8 Å². The minimum atomic E-state index is -0.529. The number of thioether (sulfide) groups is 1. The molecule has 0 saturated carbocycles. The molecule has 2 aromatic carbocycles. The van der Waals surface area contributed by atoms with Crippen molar-refractivity contribution in [1.82, 2.24) is 20.1 Å². The van der Waals surface area contributed by atoms with Crippen molar-refractivity contribution in [2.45, 2.75) is 32.0 Å². The number of carbonyl (C=O) groups is 3. The number of nitrogens with one attached hydrogen (secondary N) is 2. The fourth-order valence-electron chi connectivity index (χ4n) is 3.38. The van der Waals surface area contributed by atoms with Gasteiger partial charge in [0.05, 0.1) is 30.2 Å². The Bertz CT molecular complexity index is 1210. The maximum absolute atomic E-state index is 12.8. The molecule has 2 N–H and O–H groups in total. The Morgan fingerprint density at radius 2 is 1.74 bits per heavy atom. The minimum absolute atomic E-state index is 0.0586. The zero-order chi connectivity index (χ0) is 25.5. The van der Waals surface area contributed by atoms with Crippen molar-refractivity contribution in [1.29, 1.82) is 0 Å². The maximum atomic E-state index is 12.8. The van der Waals surface area contributed by atoms with E-state index in [2.05, 4.69) is 20.8 Å². The van der Waals surface area contributed by atoms with E-state index in [4.69, 9.17) is 4.74 Å². The summed E-state index contributed by atoms with van der Waals surface area (Å²) in [7, 11) is 3.09. The largest absolute Gasteiger partial charge is 0.465 e. The van der Waals surface area contributed by atoms with Crippen LogP contribution in [0.3, 0.4) is 0 Å². The molecule has 0 aliphatic rings. The van der Waals surface area contributed by atoms with Crippen molar-refractivity contribution in [3.63, 3.8) is 0 Å². The average molecular weight is 496 g/mol. The first-order valence-corrected chi connectivity index (χ1v) is 12.1. The highest BCUT2D eigenvalue weighted by atomic mass is 32.2. The van der Waals surface area contributed by atoms with Gasteiger partial charge >= 0.3 is 5.97 Å². The molecule has 35 heavy (non-hydrogen) atoms. The number of hydrogen-bond donors (Lipinski definition) is 2. The van der Waals surface area contributed by atoms with Gasteiger partial charge in [-0.15, -0.1) is 10.2 Å². The number of para-hydroxylation sites is 1. The predicted molar refractivity (Wildman–Crippen MR) is 134 cm³/mol. The van der Waals surface area contributed by atoms with Gasteiger partial charge in [0.25, 0.3) is 5.91 Å². The van der Waals surface area contributed by atoms with E-state index in [1.807, 2.05) is 32.9 Å². The third kappa shape index (κ3) is 6.48. The third-order valence-corrected chi connectivity index (χ3v) is 6.37. The number of carbonyl (C=O) groups excluding carboxylic acids is 3. The molecule has 1 atom stereocenters. The number of hydrogen-bond acceptors (Lipinski definition) is 7. The first-order valence-electron chi connectivity index (χ1n) is 11.1. The lowest BCUT2D eigenvalue weighted by molar-refractivity contribution is -0.113. The van der Waals surface area contributed by atoms with E-state index < -0.39 is 5.97 Å². The van der Waals surface area contributed by atoms with E-state index in [0.29, 0.717) is 22.2 Å². The molecule has 2 amide bonds. The van der Waals surface area contributed by atoms with Crippen LogP contribution in [0.4, 0.5) is 5.69 Å². The quantitative estimate of drug-likeness (QED) is 0.343. The Balaban J connectivity index is 1.67. The van der Waals surface area contributed by atoms with Gasteiger partial charge in [-0.1, -0.05) is 55.4 Å². The number of nitrogens with zero attached hydrogens (tertiary/aromatic N) is 3. The van der Waals surface area contributed by atoms with E-state index in [9.17, 15) is 14.4 Å². The number of aryl methyl sites for hydroxylation is 1. The van der Waals surface area contributed by atoms with Gasteiger partial charge in [0.2, 0.25) is 5.91 Å². The second-order valence-electron chi connectivity index (χ2n) is 8.33. The summed E-state index contributed by atoms with van der Waals surface area (Å²) in [6, 6.07) is 13.6. The molecular weight excluding hydrogens is 466 g/mol. The normalized spacial score (nSPS) is 11.7. The van der Waals surface area contributed by atoms with Gasteiger partial charge in [-0.25, -0.2) is 4.79 Å². The molecule has 0 saturated heterocycles. The highest BCUT2D eigenvalue weighted by molar-refractivity contribution is 7.99. The van der Waals surface area contributed by atoms with Gasteiger partial charge in [0.1, 0.15) is 0 Å². The minimum Gasteiger partial charge on any atom is -0.465 e. The first-order chi connectivity index (χ1) is 16.7. The molecule has 1 aromatic heterocycles. The molecule has 0 spiro atoms. The van der Waals surface area contributed by atoms with Gasteiger partial charge in [-0.2, -0.15) is 0 Å². The Labute approximate surface area is 208 Å². The van der Waals surface area contributed by atoms with Gasteiger partial charge in [-0.3, -0.25) is 9.59 Å². The molecule has 10 heteroatoms. The summed E-state index contributed by atoms with van der Waals surface area (Å²) in [6.07, 6.45) is 0. The molecule has 1 heterocycles. The van der Waals surface area contributed by atoms with Gasteiger partial charge < -0.3 is 19.9 Å². The lowest BCUT2D eigenvalue weighted by Gasteiger charge is -2.21. The van der Waals surface area contributed by atoms with E-state index in [-0.39, 0.29) is 35.1 Å². The van der Waals surface area contributed by atoms with Crippen molar-refractivity contribution in [2.24, 2.45) is 13.0 Å². The second-order valence-corrected chi connectivity index (χ2v) is 9.28. The fourth-order valence-corrected chi connectivity index (χ4v) is 4.10. The zero-order valence-electron chi connectivity index (χ0n) is 20.4. The van der Waals surface area contributed by atoms with Crippen molar-refractivity contribution >= 4 is 35.2 Å². The van der Waals surface area contributed by atoms with Crippen molar-refractivity contribution in [2.75, 3.05) is 18.2 Å². The SMILES string of the molecule is COC(=O)c1ccccc1NC(=O)CSc1nnc([C@H](NC(=O)c2ccc(C)cc2)C(C)C)n1C. The summed E-state index contributed by atoms with van der Waals surface area (Å²) in [5, 5.41) is 14.8. The van der Waals surface area contributed by atoms with Crippen molar-refractivity contribution in [3.8, 4) is 0 Å². The third-order valence-electron chi connectivity index (χ3n) is 5.35. The molecule has 0 bridgehead atoms. The van der Waals surface area contributed by atoms with E-state index >= 15 is 0 Å². The van der Waals surface area contributed by atoms with Crippen LogP contribution in [0.2, 0.25) is 0 Å². The number of benzene rings is 2. The number of ether oxygens (including phenoxy) is 1. The van der Waals surface area contributed by atoms with Crippen LogP contribution in [0.25, 0.3) is 0 Å². The molecule has 0 aliphatic carbocycles. The van der Waals surface area contributed by atoms with Crippen LogP contribution in [0.15, 0.2) is 53.7 Å². The van der Waals surface area contributed by atoms with E-state index in [1.54, 1.807) is 48.0 Å². The standard InChI is InChI=1S/C25H29N5O4S/c1-15(2)21(27-23(32)17-12-10-16(3)11-13-17)22-28-29-25(30(22)4)35-14-20(31)26-19-9-7-6-8-18(19)24(33)34-5/h6-13,15,21H,14H2,1-5H3,(H,26,31)(H,27,32)/t21-/m1/s1. The summed E-state index contributed by atoms with van der Waals surface area (Å²) < 4.78 is 6.54. The fraction of sp³-hybridized carbons (Fsp3) is 0.320. The maximum Gasteiger partial charge on any atom is 0.339 e. The van der Waals surface area contributed by atoms with Crippen molar-refractivity contribution in [3.05, 3.63) is 71.0 Å². The second kappa shape index (κ2) is 11.7. The summed E-state index contributed by atoms with van der Waals surface area (Å²) in [5.74, 6) is -0.307. The smallest absolute Gasteiger partial charge is 0.339 e. The number of rotatable bonds is 9. The van der Waals surface area contributed by atoms with E-state index in [1.165, 1.54) is 18.9 Å². The topological polar surface area (TPSA) is 115 Å². The monoisotopic (exact) mass is 495 g/mol. The molecule has 9 nitrogen and oxygen atoms in total. The van der Waals surface area contributed by atoms with Crippen LogP contribution < -0.4 is 10.6 Å². The van der Waals surface area contributed by atoms with Crippen LogP contribution in [-0.2, 0) is 16.6 Å². The predicted octanol–water partition coefficient (Wildman–Crippen LogP) is 3.77. The Morgan fingerprint density at radius 1 is 1.06 bits per heavy atom. The lowest BCUT2D eigenvalue weighted by Crippen LogP contribution is -2.33. The number of anilines is 1. The first kappa shape index (κ1) is 26.0. The van der Waals surface area contributed by atoms with Crippen LogP contribution in [0.5, 0.6) is 0 Å². The van der Waals surface area contributed by atoms with Crippen LogP contribution in [0.1, 0.15) is 52.0 Å². The number of esters is 1. The summed E-state index contributed by atoms with van der Waals surface area (Å²) in [6.45, 7) is 5.96. The molecule has 0 aliphatic heterocycles. The molecule has 0 unspecified atom stereocenters. The summed E-state index contributed by atoms with van der Waals surface area (Å²) >= 11 is 1.21. The number of amides is 2. The highest BCUT2D eigenvalue weighted by Gasteiger charge is 2.25. The molecule has 0 radical (unpaired) electrons. The van der Waals surface area contributed by atoms with Crippen LogP contribution in [0, 0.1) is 12.8 Å². The average Bonchev–Trinajstić information content (AvgIpc) is 3.20. The summed E-state index contributed by atoms with van der Waals surface area (Å²) in [5.41, 5.74) is 2.30. The Hall–Kier alpha value is -3.66. The molecule has 184 valence electrons. The molecule has 0 fully saturated rings. The molecular formula is C25H29N5O4S. The van der Waals surface area contributed by atoms with Gasteiger partial charge in [0, 0.05) is 12.6 Å². The highest BCUT2D eigenvalue weighted by Crippen LogP contribution is 2.25. The Morgan fingerprint density at radius 3 is 2.40 bits per heavy atom. The summed E-state index contributed by atoms with van der Waals surface area (Å²) in [4.78, 5) is 37.2. The number of methoxy groups -OCH3 is 1.